The molecule has 0 aromatic carbocycles. The molecule has 0 aromatic rings. The largest absolute Gasteiger partial charge is 0.385 e. The fourth-order valence-corrected chi connectivity index (χ4v) is 0.620. The minimum Gasteiger partial charge on any atom is -0.385 e. The van der Waals surface area contributed by atoms with Gasteiger partial charge in [0.2, 0.25) is 0 Å². The highest BCUT2D eigenvalue weighted by Gasteiger charge is 2.13. The molecule has 0 heterocycles. The second kappa shape index (κ2) is 3.62. The van der Waals surface area contributed by atoms with Crippen LogP contribution in [-0.4, -0.2) is 20.0 Å². The Morgan fingerprint density at radius 1 is 1.09 bits per heavy atom. The predicted octanol–water partition coefficient (Wildman–Crippen LogP) is 2.34. The van der Waals surface area contributed by atoms with E-state index >= 15 is 0 Å². The van der Waals surface area contributed by atoms with Gasteiger partial charge in [-0.15, -0.1) is 0 Å². The summed E-state index contributed by atoms with van der Waals surface area (Å²) in [6.07, 6.45) is 1.05. The van der Waals surface area contributed by atoms with Crippen molar-refractivity contribution in [2.75, 3.05) is 6.61 Å². The van der Waals surface area contributed by atoms with E-state index in [1.807, 2.05) is 13.8 Å². The van der Waals surface area contributed by atoms with E-state index in [0.29, 0.717) is 5.41 Å². The van der Waals surface area contributed by atoms with E-state index in [1.54, 1.807) is 0 Å². The topological polar surface area (TPSA) is 9.23 Å². The van der Waals surface area contributed by atoms with Gasteiger partial charge in [-0.1, -0.05) is 20.8 Å². The monoisotopic (exact) mass is 154 g/mol. The highest BCUT2D eigenvalue weighted by Crippen LogP contribution is 2.19. The van der Waals surface area contributed by atoms with Crippen molar-refractivity contribution in [2.45, 2.75) is 46.5 Å². The molecule has 0 aliphatic carbocycles. The van der Waals surface area contributed by atoms with E-state index < -0.39 is 5.50 Å². The Bertz CT molecular complexity index is 93.7. The zero-order valence-corrected chi connectivity index (χ0v) is 8.40. The molecule has 0 saturated carbocycles. The lowest BCUT2D eigenvalue weighted by atomic mass is 9.85. The molecule has 2 radical (unpaired) electrons. The number of ether oxygens (including phenoxy) is 1. The Morgan fingerprint density at radius 3 is 1.82 bits per heavy atom. The lowest BCUT2D eigenvalue weighted by Crippen LogP contribution is -2.26. The average molecular weight is 154 g/mol. The zero-order valence-electron chi connectivity index (χ0n) is 8.40. The Morgan fingerprint density at radius 2 is 1.55 bits per heavy atom. The molecule has 11 heavy (non-hydrogen) atoms. The summed E-state index contributed by atoms with van der Waals surface area (Å²) in [5.41, 5.74) is -0.142. The smallest absolute Gasteiger partial charge is 0.112 e. The van der Waals surface area contributed by atoms with Gasteiger partial charge in [-0.05, 0) is 25.7 Å². The van der Waals surface area contributed by atoms with E-state index in [4.69, 9.17) is 12.6 Å². The van der Waals surface area contributed by atoms with Crippen molar-refractivity contribution in [3.05, 3.63) is 0 Å². The van der Waals surface area contributed by atoms with Gasteiger partial charge in [0.05, 0.1) is 0 Å². The molecule has 0 bridgehead atoms. The first-order valence-electron chi connectivity index (χ1n) is 4.14. The lowest BCUT2D eigenvalue weighted by Gasteiger charge is -2.24. The zero-order chi connectivity index (χ0) is 9.12. The van der Waals surface area contributed by atoms with Crippen LogP contribution in [-0.2, 0) is 4.74 Å². The summed E-state index contributed by atoms with van der Waals surface area (Å²) in [6, 6.07) is 0. The van der Waals surface area contributed by atoms with Crippen molar-refractivity contribution < 1.29 is 4.74 Å². The van der Waals surface area contributed by atoms with Crippen molar-refractivity contribution in [3.63, 3.8) is 0 Å². The van der Waals surface area contributed by atoms with Crippen LogP contribution in [0.3, 0.4) is 0 Å². The summed E-state index contributed by atoms with van der Waals surface area (Å²) >= 11 is 0. The Hall–Kier alpha value is 0.0249. The molecule has 0 aromatic heterocycles. The van der Waals surface area contributed by atoms with Crippen LogP contribution in [0.4, 0.5) is 0 Å². The molecule has 0 N–H and O–H groups in total. The first kappa shape index (κ1) is 11.0. The van der Waals surface area contributed by atoms with Crippen molar-refractivity contribution in [3.8, 4) is 0 Å². The van der Waals surface area contributed by atoms with Gasteiger partial charge in [0.1, 0.15) is 7.85 Å². The third-order valence-corrected chi connectivity index (χ3v) is 1.33. The van der Waals surface area contributed by atoms with Gasteiger partial charge in [0.25, 0.3) is 0 Å². The molecule has 0 atom stereocenters. The van der Waals surface area contributed by atoms with Crippen LogP contribution >= 0.6 is 0 Å². The molecule has 1 nitrogen and oxygen atoms in total. The summed E-state index contributed by atoms with van der Waals surface area (Å²) in [5, 5.41) is 0. The fourth-order valence-electron chi connectivity index (χ4n) is 0.620. The van der Waals surface area contributed by atoms with Crippen LogP contribution in [0, 0.1) is 5.41 Å². The SMILES string of the molecule is [B]C(C)(C)OCCC(C)(C)C. The third kappa shape index (κ3) is 10.0. The maximum Gasteiger partial charge on any atom is 0.112 e. The van der Waals surface area contributed by atoms with Gasteiger partial charge in [0.15, 0.2) is 0 Å². The maximum atomic E-state index is 5.64. The van der Waals surface area contributed by atoms with Crippen molar-refractivity contribution in [2.24, 2.45) is 5.41 Å². The van der Waals surface area contributed by atoms with Gasteiger partial charge in [-0.3, -0.25) is 0 Å². The summed E-state index contributed by atoms with van der Waals surface area (Å²) in [5.74, 6) is 0. The second-order valence-electron chi connectivity index (χ2n) is 4.76. The summed E-state index contributed by atoms with van der Waals surface area (Å²) < 4.78 is 5.38. The quantitative estimate of drug-likeness (QED) is 0.567. The second-order valence-corrected chi connectivity index (χ2v) is 4.76. The van der Waals surface area contributed by atoms with Crippen LogP contribution in [0.2, 0.25) is 0 Å². The first-order valence-corrected chi connectivity index (χ1v) is 4.14. The number of rotatable bonds is 3. The maximum absolute atomic E-state index is 5.64. The fraction of sp³-hybridized carbons (Fsp3) is 1.00. The summed E-state index contributed by atoms with van der Waals surface area (Å²) in [4.78, 5) is 0. The highest BCUT2D eigenvalue weighted by molar-refractivity contribution is 6.13. The normalized spacial score (nSPS) is 13.5. The van der Waals surface area contributed by atoms with E-state index in [9.17, 15) is 0 Å². The minimum atomic E-state index is -0.481. The average Bonchev–Trinajstić information content (AvgIpc) is 1.55. The van der Waals surface area contributed by atoms with Gasteiger partial charge in [-0.25, -0.2) is 0 Å². The van der Waals surface area contributed by atoms with Crippen molar-refractivity contribution in [1.82, 2.24) is 0 Å². The van der Waals surface area contributed by atoms with Gasteiger partial charge < -0.3 is 4.74 Å². The molecule has 0 unspecified atom stereocenters. The van der Waals surface area contributed by atoms with E-state index in [-0.39, 0.29) is 0 Å². The highest BCUT2D eigenvalue weighted by atomic mass is 16.5. The van der Waals surface area contributed by atoms with Crippen LogP contribution in [0.1, 0.15) is 41.0 Å². The standard InChI is InChI=1S/C9H19BO/c1-8(2,3)6-7-11-9(4,5)10/h6-7H2,1-5H3. The van der Waals surface area contributed by atoms with Crippen molar-refractivity contribution in [1.29, 1.82) is 0 Å². The Labute approximate surface area is 71.9 Å². The molecule has 64 valence electrons. The predicted molar refractivity (Wildman–Crippen MR) is 49.9 cm³/mol. The first-order chi connectivity index (χ1) is 4.71. The van der Waals surface area contributed by atoms with Crippen LogP contribution in [0.5, 0.6) is 0 Å². The van der Waals surface area contributed by atoms with E-state index in [0.717, 1.165) is 13.0 Å². The van der Waals surface area contributed by atoms with Gasteiger partial charge >= 0.3 is 0 Å². The summed E-state index contributed by atoms with van der Waals surface area (Å²) in [6.45, 7) is 11.1. The van der Waals surface area contributed by atoms with E-state index in [1.165, 1.54) is 0 Å². The van der Waals surface area contributed by atoms with E-state index in [2.05, 4.69) is 20.8 Å². The van der Waals surface area contributed by atoms with Gasteiger partial charge in [-0.2, -0.15) is 0 Å². The van der Waals surface area contributed by atoms with Crippen LogP contribution in [0.15, 0.2) is 0 Å². The third-order valence-electron chi connectivity index (χ3n) is 1.33. The molecule has 0 rings (SSSR count). The molecule has 0 fully saturated rings. The summed E-state index contributed by atoms with van der Waals surface area (Å²) in [7, 11) is 5.64. The molecule has 0 amide bonds. The Balaban J connectivity index is 3.44. The Kier molecular flexibility index (Phi) is 3.63. The molecular weight excluding hydrogens is 135 g/mol. The lowest BCUT2D eigenvalue weighted by molar-refractivity contribution is 0.0306. The van der Waals surface area contributed by atoms with Gasteiger partial charge in [0, 0.05) is 12.1 Å². The minimum absolute atomic E-state index is 0.339. The molecular formula is C9H19BO. The van der Waals surface area contributed by atoms with Crippen LogP contribution < -0.4 is 0 Å². The molecule has 0 spiro atoms. The molecule has 2 heteroatoms. The number of hydrogen-bond donors (Lipinski definition) is 0. The van der Waals surface area contributed by atoms with Crippen LogP contribution in [0.25, 0.3) is 0 Å². The number of hydrogen-bond acceptors (Lipinski definition) is 1. The van der Waals surface area contributed by atoms with Crippen molar-refractivity contribution >= 4 is 7.85 Å². The molecule has 0 aliphatic rings. The molecule has 0 saturated heterocycles. The molecule has 0 aliphatic heterocycles.